The molecular formula is C53H66Cl2N12O30. The lowest BCUT2D eigenvalue weighted by Crippen LogP contribution is -2.57. The van der Waals surface area contributed by atoms with E-state index in [4.69, 9.17) is 51.6 Å². The number of hydrogen-bond donors (Lipinski definition) is 9. The molecule has 0 aliphatic carbocycles. The van der Waals surface area contributed by atoms with Gasteiger partial charge in [0, 0.05) is 39.3 Å². The number of aromatic nitrogens is 12. The minimum Gasteiger partial charge on any atom is -0.463 e. The molecule has 6 unspecified atom stereocenters. The number of halogens is 2. The fourth-order valence-electron chi connectivity index (χ4n) is 8.39. The lowest BCUT2D eigenvalue weighted by atomic mass is 10.1. The molecular weight excluding hydrogens is 1360 g/mol. The number of aromatic amines is 3. The largest absolute Gasteiger partial charge is 0.463 e. The Labute approximate surface area is 548 Å². The number of aliphatic hydroxyl groups is 6. The van der Waals surface area contributed by atoms with E-state index in [1.54, 1.807) is 30.3 Å². The summed E-state index contributed by atoms with van der Waals surface area (Å²) in [6.45, 7) is -12.4. The van der Waals surface area contributed by atoms with Crippen molar-refractivity contribution in [3.05, 3.63) is 162 Å². The van der Waals surface area contributed by atoms with Crippen molar-refractivity contribution in [2.45, 2.75) is 134 Å². The smallest absolute Gasteiger partial charge is 0.336 e. The lowest BCUT2D eigenvalue weighted by molar-refractivity contribution is -0.148. The van der Waals surface area contributed by atoms with Crippen molar-refractivity contribution >= 4 is 59.0 Å². The summed E-state index contributed by atoms with van der Waals surface area (Å²) in [5, 5.41) is 62.2. The van der Waals surface area contributed by atoms with Crippen LogP contribution in [0.1, 0.15) is 50.2 Å². The lowest BCUT2D eigenvalue weighted by Gasteiger charge is -2.19. The predicted molar refractivity (Wildman–Crippen MR) is 322 cm³/mol. The molecule has 42 nitrogen and oxygen atoms in total. The summed E-state index contributed by atoms with van der Waals surface area (Å²) in [6, 6.07) is 8.11. The molecule has 0 aliphatic heterocycles. The van der Waals surface area contributed by atoms with Crippen LogP contribution in [0.15, 0.2) is 87.9 Å². The molecule has 0 saturated heterocycles. The second-order valence-electron chi connectivity index (χ2n) is 20.7. The van der Waals surface area contributed by atoms with E-state index in [1.807, 2.05) is 15.0 Å². The van der Waals surface area contributed by atoms with Crippen LogP contribution in [-0.2, 0) is 116 Å². The second kappa shape index (κ2) is 37.4. The Balaban J connectivity index is 1.28. The van der Waals surface area contributed by atoms with Crippen molar-refractivity contribution in [3.63, 3.8) is 0 Å². The third-order valence-electron chi connectivity index (χ3n) is 13.4. The molecule has 4 heterocycles. The van der Waals surface area contributed by atoms with Crippen molar-refractivity contribution in [2.24, 2.45) is 0 Å². The Bertz CT molecular complexity index is 4200. The van der Waals surface area contributed by atoms with Crippen LogP contribution in [0.25, 0.3) is 0 Å². The molecule has 0 aliphatic rings. The molecule has 0 amide bonds. The molecule has 9 N–H and O–H groups in total. The average Bonchev–Trinajstić information content (AvgIpc) is 0.790. The first-order valence-corrected chi connectivity index (χ1v) is 30.0. The first-order valence-electron chi connectivity index (χ1n) is 28.9. The Kier molecular flexibility index (Phi) is 29.9. The molecule has 5 rings (SSSR count). The summed E-state index contributed by atoms with van der Waals surface area (Å²) in [5.74, 6) is -7.16. The summed E-state index contributed by atoms with van der Waals surface area (Å²) >= 11 is 10.9. The van der Waals surface area contributed by atoms with Crippen molar-refractivity contribution in [1.29, 1.82) is 0 Å². The maximum absolute atomic E-state index is 13.9. The van der Waals surface area contributed by atoms with Crippen LogP contribution in [0, 0.1) is 0 Å². The summed E-state index contributed by atoms with van der Waals surface area (Å²) < 4.78 is 32.5. The van der Waals surface area contributed by atoms with Gasteiger partial charge in [-0.2, -0.15) is 0 Å². The number of carbonyl (C=O) groups excluding carboxylic acids is 6. The number of ether oxygens (including phenoxy) is 6. The minimum atomic E-state index is -2.05. The number of nitrogens with one attached hydrogen (secondary N) is 3. The van der Waals surface area contributed by atoms with Crippen LogP contribution in [0.5, 0.6) is 0 Å². The van der Waals surface area contributed by atoms with Gasteiger partial charge >= 0.3 is 104 Å². The highest BCUT2D eigenvalue weighted by molar-refractivity contribution is 6.18. The van der Waals surface area contributed by atoms with Crippen molar-refractivity contribution in [2.75, 3.05) is 51.4 Å². The van der Waals surface area contributed by atoms with Crippen molar-refractivity contribution in [1.82, 2.24) is 56.1 Å². The third-order valence-corrected chi connectivity index (χ3v) is 14.1. The first kappa shape index (κ1) is 77.7. The standard InChI is InChI=1S/C53H66Cl2N12O30/c54-18-30(68)23-92-36(74)6-12-59-42(80)56-44(82)61(48(59)86)14-8-38(76)94-25-32(70)20-65-51(89)66(21-33(71)26-95-39(77)9-15-62-45(83)57-43(81)60(49(62)87)13-7-37(75)93-24-31(69)19-55)53(91)67(52(65)90)22-34(72)27-96-40(78)10-16-63-46(84)58-47(85)64(50(63)88)17-11-41(79)97-28-35(73)29-4-2-1-3-5-29/h1-5,30-35,68-73H,6-28H2,(H,56,80,82)(H,57,81,83)(H,58,84,85). The number of rotatable bonds is 39. The summed E-state index contributed by atoms with van der Waals surface area (Å²) in [7, 11) is 0. The van der Waals surface area contributed by atoms with Gasteiger partial charge in [-0.3, -0.25) is 43.7 Å². The van der Waals surface area contributed by atoms with E-state index < -0.39 is 278 Å². The third kappa shape index (κ3) is 23.1. The second-order valence-corrected chi connectivity index (χ2v) is 21.4. The molecule has 0 bridgehead atoms. The SMILES string of the molecule is O=C(CCn1c(=O)[nH]c(=O)n(CCC(=O)OCC(O)Cn2c(=O)n(CC(O)COC(=O)CCn3c(=O)[nH]c(=O)n(CCC(=O)OCC(O)CCl)c3=O)c(=O)n(CC(O)COC(=O)CCn3c(=O)[nH]c(=O)n(CCC(=O)OCC(O)c4ccccc4)c3=O)c2=O)c1=O)OCC(O)CCl. The number of hydrogen-bond acceptors (Lipinski definition) is 30. The zero-order valence-corrected chi connectivity index (χ0v) is 52.4. The van der Waals surface area contributed by atoms with E-state index in [0.717, 1.165) is 0 Å². The quantitative estimate of drug-likeness (QED) is 0.0100. The average molecular weight is 1420 g/mol. The summed E-state index contributed by atoms with van der Waals surface area (Å²) in [4.78, 5) is 237. The van der Waals surface area contributed by atoms with Crippen molar-refractivity contribution < 1.29 is 87.8 Å². The molecule has 0 spiro atoms. The fraction of sp³-hybridized carbons (Fsp3) is 0.547. The monoisotopic (exact) mass is 1420 g/mol. The molecule has 44 heteroatoms. The van der Waals surface area contributed by atoms with Crippen LogP contribution >= 0.6 is 23.2 Å². The van der Waals surface area contributed by atoms with Crippen LogP contribution in [0.3, 0.4) is 0 Å². The van der Waals surface area contributed by atoms with Crippen LogP contribution in [0.2, 0.25) is 0 Å². The van der Waals surface area contributed by atoms with Crippen molar-refractivity contribution in [3.8, 4) is 0 Å². The highest BCUT2D eigenvalue weighted by atomic mass is 35.5. The first-order chi connectivity index (χ1) is 45.9. The van der Waals surface area contributed by atoms with Gasteiger partial charge in [0.05, 0.1) is 69.9 Å². The van der Waals surface area contributed by atoms with E-state index in [-0.39, 0.29) is 25.5 Å². The molecule has 0 fully saturated rings. The zero-order valence-electron chi connectivity index (χ0n) is 50.9. The van der Waals surface area contributed by atoms with Gasteiger partial charge in [0.15, 0.2) is 0 Å². The van der Waals surface area contributed by atoms with Gasteiger partial charge in [-0.1, -0.05) is 30.3 Å². The number of nitrogens with zero attached hydrogens (tertiary/aromatic N) is 9. The number of carbonyl (C=O) groups is 6. The van der Waals surface area contributed by atoms with Gasteiger partial charge in [0.2, 0.25) is 0 Å². The Hall–Kier alpha value is -9.98. The van der Waals surface area contributed by atoms with Gasteiger partial charge in [0.25, 0.3) is 0 Å². The summed E-state index contributed by atoms with van der Waals surface area (Å²) in [6.07, 6.45) is -14.0. The molecule has 0 saturated carbocycles. The molecule has 6 atom stereocenters. The van der Waals surface area contributed by atoms with Crippen LogP contribution < -0.4 is 68.3 Å². The number of benzene rings is 1. The Morgan fingerprint density at radius 3 is 0.753 bits per heavy atom. The molecule has 0 radical (unpaired) electrons. The van der Waals surface area contributed by atoms with Crippen LogP contribution in [-0.4, -0.2) is 204 Å². The Morgan fingerprint density at radius 2 is 0.526 bits per heavy atom. The van der Waals surface area contributed by atoms with E-state index >= 15 is 0 Å². The van der Waals surface area contributed by atoms with Gasteiger partial charge < -0.3 is 59.1 Å². The van der Waals surface area contributed by atoms with E-state index in [0.29, 0.717) is 33.0 Å². The minimum absolute atomic E-state index is 0.146. The predicted octanol–water partition coefficient (Wildman–Crippen LogP) is -10.1. The highest BCUT2D eigenvalue weighted by Crippen LogP contribution is 2.12. The van der Waals surface area contributed by atoms with E-state index in [9.17, 15) is 117 Å². The van der Waals surface area contributed by atoms with E-state index in [2.05, 4.69) is 0 Å². The number of aliphatic hydroxyl groups excluding tert-OH is 6. The van der Waals surface area contributed by atoms with Gasteiger partial charge in [-0.05, 0) is 5.56 Å². The number of esters is 6. The van der Waals surface area contributed by atoms with Gasteiger partial charge in [0.1, 0.15) is 76.3 Å². The highest BCUT2D eigenvalue weighted by Gasteiger charge is 2.25. The number of alkyl halides is 2. The van der Waals surface area contributed by atoms with Crippen LogP contribution in [0.4, 0.5) is 0 Å². The molecule has 97 heavy (non-hydrogen) atoms. The van der Waals surface area contributed by atoms with Gasteiger partial charge in [-0.25, -0.2) is 98.6 Å². The zero-order chi connectivity index (χ0) is 71.8. The fourth-order valence-corrected chi connectivity index (χ4v) is 8.57. The normalized spacial score (nSPS) is 13.2. The van der Waals surface area contributed by atoms with Gasteiger partial charge in [-0.15, -0.1) is 23.2 Å². The van der Waals surface area contributed by atoms with E-state index in [1.165, 1.54) is 0 Å². The molecule has 5 aromatic rings. The maximum atomic E-state index is 13.9. The molecule has 532 valence electrons. The molecule has 1 aromatic carbocycles. The maximum Gasteiger partial charge on any atom is 0.336 e. The molecule has 4 aromatic heterocycles. The Morgan fingerprint density at radius 1 is 0.320 bits per heavy atom. The summed E-state index contributed by atoms with van der Waals surface area (Å²) in [5.41, 5.74) is -15.9. The number of H-pyrrole nitrogens is 3. The topological polar surface area (TPSA) is 576 Å².